The Morgan fingerprint density at radius 1 is 0.971 bits per heavy atom. The quantitative estimate of drug-likeness (QED) is 0.488. The second-order valence-corrected chi connectivity index (χ2v) is 10.7. The Morgan fingerprint density at radius 2 is 1.74 bits per heavy atom. The lowest BCUT2D eigenvalue weighted by atomic mass is 9.97. The van der Waals surface area contributed by atoms with E-state index in [0.29, 0.717) is 18.7 Å². The van der Waals surface area contributed by atoms with Crippen molar-refractivity contribution in [2.45, 2.75) is 60.5 Å². The van der Waals surface area contributed by atoms with E-state index in [4.69, 9.17) is 5.73 Å². The zero-order valence-corrected chi connectivity index (χ0v) is 20.3. The van der Waals surface area contributed by atoms with Gasteiger partial charge in [0.2, 0.25) is 0 Å². The number of likely N-dealkylation sites (tertiary alicyclic amines) is 1. The molecule has 3 aliphatic heterocycles. The number of alkyl halides is 3. The van der Waals surface area contributed by atoms with E-state index in [-0.39, 0.29) is 6.04 Å². The number of fused-ring (bicyclic) bond motifs is 2. The van der Waals surface area contributed by atoms with Crippen LogP contribution in [-0.2, 0) is 12.6 Å². The maximum Gasteiger partial charge on any atom is 0.416 e. The summed E-state index contributed by atoms with van der Waals surface area (Å²) in [5.74, 6) is 0. The number of benzene rings is 2. The molecule has 34 heavy (non-hydrogen) atoms. The van der Waals surface area contributed by atoms with Crippen molar-refractivity contribution in [3.8, 4) is 0 Å². The first kappa shape index (κ1) is 23.8. The van der Waals surface area contributed by atoms with E-state index >= 15 is 0 Å². The van der Waals surface area contributed by atoms with Gasteiger partial charge in [-0.3, -0.25) is 0 Å². The number of halogens is 3. The van der Waals surface area contributed by atoms with E-state index < -0.39 is 11.7 Å². The molecule has 0 spiro atoms. The SMILES string of the molecule is NCCN1CCC(Nc2cc(C(F)(F)F)cc3c2Cc2ccc(N4CCCCC4)cc2S3)CC1. The average Bonchev–Trinajstić information content (AvgIpc) is 2.84. The summed E-state index contributed by atoms with van der Waals surface area (Å²) in [5, 5.41) is 3.50. The van der Waals surface area contributed by atoms with Gasteiger partial charge in [-0.05, 0) is 67.5 Å². The fourth-order valence-corrected chi connectivity index (χ4v) is 6.54. The van der Waals surface area contributed by atoms with Crippen molar-refractivity contribution in [2.24, 2.45) is 5.73 Å². The molecule has 2 fully saturated rings. The largest absolute Gasteiger partial charge is 0.416 e. The van der Waals surface area contributed by atoms with E-state index in [2.05, 4.69) is 33.3 Å². The van der Waals surface area contributed by atoms with Crippen molar-refractivity contribution in [3.63, 3.8) is 0 Å². The molecule has 0 saturated carbocycles. The lowest BCUT2D eigenvalue weighted by Crippen LogP contribution is -2.41. The topological polar surface area (TPSA) is 44.5 Å². The molecular formula is C26H33F3N4S. The predicted octanol–water partition coefficient (Wildman–Crippen LogP) is 5.59. The maximum atomic E-state index is 13.8. The number of nitrogens with zero attached hydrogens (tertiary/aromatic N) is 2. The van der Waals surface area contributed by atoms with Crippen LogP contribution in [0.4, 0.5) is 24.5 Å². The lowest BCUT2D eigenvalue weighted by Gasteiger charge is -2.34. The van der Waals surface area contributed by atoms with Crippen LogP contribution in [0, 0.1) is 0 Å². The third-order valence-electron chi connectivity index (χ3n) is 7.29. The van der Waals surface area contributed by atoms with Crippen molar-refractivity contribution >= 4 is 23.1 Å². The Morgan fingerprint density at radius 3 is 2.44 bits per heavy atom. The van der Waals surface area contributed by atoms with Crippen molar-refractivity contribution in [1.82, 2.24) is 4.90 Å². The van der Waals surface area contributed by atoms with E-state index in [1.54, 1.807) is 0 Å². The molecule has 184 valence electrons. The minimum Gasteiger partial charge on any atom is -0.382 e. The molecule has 0 bridgehead atoms. The molecule has 2 aromatic carbocycles. The Hall–Kier alpha value is -1.90. The number of anilines is 2. The molecule has 3 N–H and O–H groups in total. The molecular weight excluding hydrogens is 457 g/mol. The summed E-state index contributed by atoms with van der Waals surface area (Å²) in [7, 11) is 0. The van der Waals surface area contributed by atoms with Gasteiger partial charge in [-0.25, -0.2) is 0 Å². The molecule has 0 radical (unpaired) electrons. The van der Waals surface area contributed by atoms with Gasteiger partial charge >= 0.3 is 6.18 Å². The third-order valence-corrected chi connectivity index (χ3v) is 8.47. The summed E-state index contributed by atoms with van der Waals surface area (Å²) in [6.45, 7) is 5.46. The maximum absolute atomic E-state index is 13.8. The molecule has 8 heteroatoms. The number of hydrogen-bond acceptors (Lipinski definition) is 5. The molecule has 5 rings (SSSR count). The summed E-state index contributed by atoms with van der Waals surface area (Å²) in [4.78, 5) is 6.53. The Bertz CT molecular complexity index is 1010. The summed E-state index contributed by atoms with van der Waals surface area (Å²) < 4.78 is 41.4. The summed E-state index contributed by atoms with van der Waals surface area (Å²) in [5.41, 5.74) is 9.10. The number of nitrogens with two attached hydrogens (primary N) is 1. The van der Waals surface area contributed by atoms with Gasteiger partial charge in [-0.2, -0.15) is 13.2 Å². The first-order chi connectivity index (χ1) is 16.4. The molecule has 2 saturated heterocycles. The van der Waals surface area contributed by atoms with Gasteiger partial charge in [-0.1, -0.05) is 17.8 Å². The summed E-state index contributed by atoms with van der Waals surface area (Å²) in [6, 6.07) is 9.36. The number of rotatable bonds is 5. The van der Waals surface area contributed by atoms with Gasteiger partial charge in [0.05, 0.1) is 5.56 Å². The first-order valence-electron chi connectivity index (χ1n) is 12.4. The van der Waals surface area contributed by atoms with Crippen LogP contribution < -0.4 is 16.0 Å². The van der Waals surface area contributed by atoms with Crippen LogP contribution in [0.5, 0.6) is 0 Å². The molecule has 0 atom stereocenters. The Balaban J connectivity index is 1.41. The van der Waals surface area contributed by atoms with Crippen molar-refractivity contribution < 1.29 is 13.2 Å². The molecule has 0 amide bonds. The van der Waals surface area contributed by atoms with Crippen molar-refractivity contribution in [3.05, 3.63) is 47.0 Å². The highest BCUT2D eigenvalue weighted by molar-refractivity contribution is 7.99. The van der Waals surface area contributed by atoms with Gasteiger partial charge < -0.3 is 20.9 Å². The Kier molecular flexibility index (Phi) is 7.00. The van der Waals surface area contributed by atoms with Gasteiger partial charge in [0.1, 0.15) is 0 Å². The summed E-state index contributed by atoms with van der Waals surface area (Å²) in [6.07, 6.45) is 1.77. The predicted molar refractivity (Wildman–Crippen MR) is 133 cm³/mol. The fourth-order valence-electron chi connectivity index (χ4n) is 5.36. The standard InChI is InChI=1S/C26H33F3N4S/c27-26(28,29)19-15-23(31-20-6-11-32(12-7-20)13-8-30)22-14-18-4-5-21(33-9-2-1-3-10-33)17-24(18)34-25(22)16-19/h4-5,15-17,20,31H,1-3,6-14,30H2. The minimum atomic E-state index is -4.37. The average molecular weight is 491 g/mol. The number of piperidine rings is 2. The van der Waals surface area contributed by atoms with Crippen LogP contribution in [0.2, 0.25) is 0 Å². The van der Waals surface area contributed by atoms with E-state index in [1.165, 1.54) is 54.4 Å². The normalized spacial score (nSPS) is 19.6. The lowest BCUT2D eigenvalue weighted by molar-refractivity contribution is -0.137. The molecule has 3 aliphatic rings. The van der Waals surface area contributed by atoms with Gasteiger partial charge in [0.25, 0.3) is 0 Å². The molecule has 0 aliphatic carbocycles. The molecule has 2 aromatic rings. The summed E-state index contributed by atoms with van der Waals surface area (Å²) >= 11 is 1.49. The zero-order chi connectivity index (χ0) is 23.7. The second-order valence-electron chi connectivity index (χ2n) is 9.67. The highest BCUT2D eigenvalue weighted by Crippen LogP contribution is 2.46. The molecule has 4 nitrogen and oxygen atoms in total. The van der Waals surface area contributed by atoms with Gasteiger partial charge in [0, 0.05) is 72.9 Å². The van der Waals surface area contributed by atoms with Crippen molar-refractivity contribution in [1.29, 1.82) is 0 Å². The second kappa shape index (κ2) is 9.99. The molecule has 0 unspecified atom stereocenters. The molecule has 0 aromatic heterocycles. The van der Waals surface area contributed by atoms with E-state index in [1.807, 2.05) is 0 Å². The van der Waals surface area contributed by atoms with E-state index in [0.717, 1.165) is 60.9 Å². The van der Waals surface area contributed by atoms with Gasteiger partial charge in [0.15, 0.2) is 0 Å². The minimum absolute atomic E-state index is 0.175. The zero-order valence-electron chi connectivity index (χ0n) is 19.5. The van der Waals surface area contributed by atoms with Crippen LogP contribution in [0.25, 0.3) is 0 Å². The van der Waals surface area contributed by atoms with Crippen LogP contribution in [-0.4, -0.2) is 50.2 Å². The van der Waals surface area contributed by atoms with Crippen LogP contribution >= 0.6 is 11.8 Å². The van der Waals surface area contributed by atoms with Crippen LogP contribution in [0.3, 0.4) is 0 Å². The molecule has 3 heterocycles. The van der Waals surface area contributed by atoms with Crippen LogP contribution in [0.1, 0.15) is 48.8 Å². The first-order valence-corrected chi connectivity index (χ1v) is 13.2. The Labute approximate surface area is 204 Å². The highest BCUT2D eigenvalue weighted by atomic mass is 32.2. The third kappa shape index (κ3) is 5.19. The highest BCUT2D eigenvalue weighted by Gasteiger charge is 2.34. The smallest absolute Gasteiger partial charge is 0.382 e. The van der Waals surface area contributed by atoms with E-state index in [9.17, 15) is 13.2 Å². The van der Waals surface area contributed by atoms with Crippen molar-refractivity contribution in [2.75, 3.05) is 49.5 Å². The number of hydrogen-bond donors (Lipinski definition) is 2. The monoisotopic (exact) mass is 490 g/mol. The fraction of sp³-hybridized carbons (Fsp3) is 0.538. The number of nitrogens with one attached hydrogen (secondary N) is 1. The van der Waals surface area contributed by atoms with Gasteiger partial charge in [-0.15, -0.1) is 0 Å². The van der Waals surface area contributed by atoms with Crippen LogP contribution in [0.15, 0.2) is 40.1 Å².